The predicted molar refractivity (Wildman–Crippen MR) is 131 cm³/mol. The molecule has 0 amide bonds. The standard InChI is InChI=1S/C28H30O12/c1-8-11(29)4-5-16(37-8)39-14-6-12-18-22(28(14,35)10(3)38-12)26(34)20-19(24(18)32)25(33)21-17(23(20)31)9(2)36-13-7-15(30)40-27(13)21/h8-14,16,27,29,32,34-35H,4-7H2,1-3H3/t8-,9-,10-,11-,12-,13+,14-,16-,27+,28+/m0/s1. The minimum absolute atomic E-state index is 0.00956. The zero-order chi connectivity index (χ0) is 28.4. The van der Waals surface area contributed by atoms with Crippen LogP contribution in [0.2, 0.25) is 0 Å². The highest BCUT2D eigenvalue weighted by atomic mass is 16.7. The second-order valence-corrected chi connectivity index (χ2v) is 11.5. The van der Waals surface area contributed by atoms with Crippen LogP contribution in [0.25, 0.3) is 0 Å². The second-order valence-electron chi connectivity index (χ2n) is 11.5. The molecule has 0 saturated carbocycles. The van der Waals surface area contributed by atoms with Crippen molar-refractivity contribution in [2.75, 3.05) is 0 Å². The summed E-state index contributed by atoms with van der Waals surface area (Å²) in [5.74, 6) is -3.30. The monoisotopic (exact) mass is 558 g/mol. The molecular formula is C28H30O12. The predicted octanol–water partition coefficient (Wildman–Crippen LogP) is 1.20. The molecule has 0 unspecified atom stereocenters. The van der Waals surface area contributed by atoms with Gasteiger partial charge in [-0.3, -0.25) is 14.4 Å². The van der Waals surface area contributed by atoms with Crippen molar-refractivity contribution in [2.24, 2.45) is 0 Å². The first-order valence-corrected chi connectivity index (χ1v) is 13.6. The molecule has 12 heteroatoms. The molecule has 2 aliphatic carbocycles. The van der Waals surface area contributed by atoms with Crippen LogP contribution in [-0.4, -0.2) is 87.0 Å². The Bertz CT molecular complexity index is 1400. The van der Waals surface area contributed by atoms with Crippen molar-refractivity contribution >= 4 is 17.5 Å². The number of phenols is 2. The van der Waals surface area contributed by atoms with Crippen molar-refractivity contribution in [1.82, 2.24) is 0 Å². The van der Waals surface area contributed by atoms with Crippen LogP contribution in [0.5, 0.6) is 11.5 Å². The summed E-state index contributed by atoms with van der Waals surface area (Å²) < 4.78 is 29.1. The molecule has 1 aromatic rings. The molecule has 0 spiro atoms. The number of phenolic OH excluding ortho intramolecular Hbond substituents is 2. The van der Waals surface area contributed by atoms with Gasteiger partial charge < -0.3 is 44.1 Å². The highest BCUT2D eigenvalue weighted by Crippen LogP contribution is 2.60. The number of fused-ring (bicyclic) bond motifs is 5. The molecule has 1 aromatic carbocycles. The number of ether oxygens (including phenoxy) is 5. The average molecular weight is 559 g/mol. The van der Waals surface area contributed by atoms with Crippen LogP contribution in [-0.2, 0) is 34.1 Å². The SMILES string of the molecule is C[C@@H]1O[C@@H]2CC(=O)O[C@H]2C2=C1C(=O)c1c(O)c3c(c(O)c1C2=O)[C@@H]1C[C@H](O[C@H]2CC[C@H](O)[C@H](C)O2)[C@]3(O)[C@H](C)O1. The first kappa shape index (κ1) is 26.1. The number of aliphatic hydroxyl groups excluding tert-OH is 1. The summed E-state index contributed by atoms with van der Waals surface area (Å²) >= 11 is 0. The van der Waals surface area contributed by atoms with Crippen molar-refractivity contribution < 1.29 is 58.5 Å². The average Bonchev–Trinajstić information content (AvgIpc) is 3.26. The number of esters is 1. The summed E-state index contributed by atoms with van der Waals surface area (Å²) in [6.45, 7) is 4.88. The summed E-state index contributed by atoms with van der Waals surface area (Å²) in [5.41, 5.74) is -3.13. The molecule has 0 radical (unpaired) electrons. The number of rotatable bonds is 2. The maximum Gasteiger partial charge on any atom is 0.309 e. The van der Waals surface area contributed by atoms with Crippen LogP contribution in [0, 0.1) is 0 Å². The Morgan fingerprint density at radius 1 is 0.925 bits per heavy atom. The fourth-order valence-corrected chi connectivity index (χ4v) is 7.31. The molecule has 3 fully saturated rings. The number of aromatic hydroxyl groups is 2. The van der Waals surface area contributed by atoms with Gasteiger partial charge in [-0.05, 0) is 27.2 Å². The molecular weight excluding hydrogens is 528 g/mol. The third kappa shape index (κ3) is 3.25. The van der Waals surface area contributed by atoms with Gasteiger partial charge in [0, 0.05) is 29.5 Å². The summed E-state index contributed by atoms with van der Waals surface area (Å²) in [6, 6.07) is 0. The molecule has 5 heterocycles. The number of ketones is 2. The normalized spacial score (nSPS) is 41.8. The van der Waals surface area contributed by atoms with Gasteiger partial charge in [0.1, 0.15) is 23.2 Å². The van der Waals surface area contributed by atoms with E-state index in [0.717, 1.165) is 0 Å². The smallest absolute Gasteiger partial charge is 0.309 e. The van der Waals surface area contributed by atoms with Gasteiger partial charge >= 0.3 is 5.97 Å². The van der Waals surface area contributed by atoms with Gasteiger partial charge in [-0.1, -0.05) is 0 Å². The van der Waals surface area contributed by atoms with E-state index in [1.54, 1.807) is 20.8 Å². The molecule has 12 nitrogen and oxygen atoms in total. The number of carbonyl (C=O) groups is 3. The lowest BCUT2D eigenvalue weighted by Gasteiger charge is -2.54. The zero-order valence-corrected chi connectivity index (χ0v) is 22.1. The fourth-order valence-electron chi connectivity index (χ4n) is 7.31. The van der Waals surface area contributed by atoms with Crippen LogP contribution in [0.15, 0.2) is 11.1 Å². The van der Waals surface area contributed by atoms with Gasteiger partial charge in [0.2, 0.25) is 0 Å². The van der Waals surface area contributed by atoms with Crippen LogP contribution in [0.4, 0.5) is 0 Å². The Kier molecular flexibility index (Phi) is 5.58. The molecule has 3 saturated heterocycles. The van der Waals surface area contributed by atoms with Crippen LogP contribution < -0.4 is 0 Å². The van der Waals surface area contributed by atoms with E-state index in [4.69, 9.17) is 23.7 Å². The molecule has 4 N–H and O–H groups in total. The van der Waals surface area contributed by atoms with E-state index in [0.29, 0.717) is 12.8 Å². The minimum Gasteiger partial charge on any atom is -0.507 e. The van der Waals surface area contributed by atoms with Crippen molar-refractivity contribution in [3.05, 3.63) is 33.4 Å². The fraction of sp³-hybridized carbons (Fsp3) is 0.607. The lowest BCUT2D eigenvalue weighted by Crippen LogP contribution is -2.60. The highest BCUT2D eigenvalue weighted by Gasteiger charge is 2.62. The van der Waals surface area contributed by atoms with Gasteiger partial charge in [0.05, 0.1) is 59.7 Å². The molecule has 2 bridgehead atoms. The van der Waals surface area contributed by atoms with E-state index in [-0.39, 0.29) is 35.1 Å². The Balaban J connectivity index is 1.35. The van der Waals surface area contributed by atoms with Gasteiger partial charge in [-0.15, -0.1) is 0 Å². The van der Waals surface area contributed by atoms with Crippen LogP contribution in [0.1, 0.15) is 84.4 Å². The Morgan fingerprint density at radius 2 is 1.62 bits per heavy atom. The number of Topliss-reactive ketones (excluding diaryl/α,β-unsaturated/α-hetero) is 2. The molecule has 0 aromatic heterocycles. The third-order valence-corrected chi connectivity index (χ3v) is 9.30. The maximum atomic E-state index is 13.9. The Labute approximate surface area is 228 Å². The van der Waals surface area contributed by atoms with E-state index in [2.05, 4.69) is 0 Å². The summed E-state index contributed by atoms with van der Waals surface area (Å²) in [6.07, 6.45) is -6.55. The Hall–Kier alpha value is -2.87. The highest BCUT2D eigenvalue weighted by molar-refractivity contribution is 6.30. The van der Waals surface area contributed by atoms with Gasteiger partial charge in [-0.25, -0.2) is 0 Å². The van der Waals surface area contributed by atoms with Gasteiger partial charge in [-0.2, -0.15) is 0 Å². The lowest BCUT2D eigenvalue weighted by molar-refractivity contribution is -0.311. The quantitative estimate of drug-likeness (QED) is 0.302. The first-order valence-electron chi connectivity index (χ1n) is 13.6. The number of hydrogen-bond donors (Lipinski definition) is 4. The lowest BCUT2D eigenvalue weighted by atomic mass is 9.66. The summed E-state index contributed by atoms with van der Waals surface area (Å²) in [5, 5.41) is 45.3. The number of benzene rings is 1. The van der Waals surface area contributed by atoms with Gasteiger partial charge in [0.25, 0.3) is 0 Å². The third-order valence-electron chi connectivity index (χ3n) is 9.30. The Morgan fingerprint density at radius 3 is 2.35 bits per heavy atom. The van der Waals surface area contributed by atoms with Crippen molar-refractivity contribution in [3.63, 3.8) is 0 Å². The number of hydrogen-bond acceptors (Lipinski definition) is 12. The summed E-state index contributed by atoms with van der Waals surface area (Å²) in [7, 11) is 0. The van der Waals surface area contributed by atoms with Crippen molar-refractivity contribution in [3.8, 4) is 11.5 Å². The van der Waals surface area contributed by atoms with Gasteiger partial charge in [0.15, 0.2) is 24.0 Å². The molecule has 5 aliphatic heterocycles. The van der Waals surface area contributed by atoms with E-state index < -0.39 is 101 Å². The maximum absolute atomic E-state index is 13.9. The molecule has 40 heavy (non-hydrogen) atoms. The molecule has 10 atom stereocenters. The number of carbonyl (C=O) groups excluding carboxylic acids is 3. The van der Waals surface area contributed by atoms with Crippen LogP contribution in [0.3, 0.4) is 0 Å². The largest absolute Gasteiger partial charge is 0.507 e. The van der Waals surface area contributed by atoms with Crippen molar-refractivity contribution in [1.29, 1.82) is 0 Å². The van der Waals surface area contributed by atoms with Crippen LogP contribution >= 0.6 is 0 Å². The van der Waals surface area contributed by atoms with Crippen molar-refractivity contribution in [2.45, 2.75) is 107 Å². The van der Waals surface area contributed by atoms with E-state index in [1.807, 2.05) is 0 Å². The second kappa shape index (κ2) is 8.57. The minimum atomic E-state index is -2.01. The molecule has 214 valence electrons. The van der Waals surface area contributed by atoms with E-state index in [9.17, 15) is 34.8 Å². The van der Waals surface area contributed by atoms with E-state index in [1.165, 1.54) is 0 Å². The first-order chi connectivity index (χ1) is 18.9. The summed E-state index contributed by atoms with van der Waals surface area (Å²) in [4.78, 5) is 39.8. The molecule has 8 rings (SSSR count). The number of aliphatic hydroxyl groups is 2. The molecule has 7 aliphatic rings. The van der Waals surface area contributed by atoms with E-state index >= 15 is 0 Å². The zero-order valence-electron chi connectivity index (χ0n) is 22.1. The topological polar surface area (TPSA) is 178 Å².